The molecule has 8 heteroatoms. The third-order valence-electron chi connectivity index (χ3n) is 24.4. The average molecular weight is 1070 g/mol. The number of aliphatic hydroxyl groups is 1. The second-order valence-corrected chi connectivity index (χ2v) is 26.4. The largest absolute Gasteiger partial charge is 1.00 e. The number of nitrogens with two attached hydrogens (primary N) is 1. The first-order valence-corrected chi connectivity index (χ1v) is 30.4. The molecule has 0 heterocycles. The first kappa shape index (κ1) is 60.8. The van der Waals surface area contributed by atoms with Gasteiger partial charge in [0.05, 0.1) is 11.1 Å². The van der Waals surface area contributed by atoms with E-state index in [4.69, 9.17) is 5.73 Å². The molecule has 1 unspecified atom stereocenters. The molecule has 78 heavy (non-hydrogen) atoms. The smallest absolute Gasteiger partial charge is 0.384 e. The van der Waals surface area contributed by atoms with Gasteiger partial charge >= 0.3 is 18.9 Å². The van der Waals surface area contributed by atoms with Gasteiger partial charge in [0.2, 0.25) is 0 Å². The molecular weight excluding hydrogens is 971 g/mol. The van der Waals surface area contributed by atoms with Gasteiger partial charge in [0.15, 0.2) is 0 Å². The van der Waals surface area contributed by atoms with Crippen molar-refractivity contribution >= 4 is 18.2 Å². The summed E-state index contributed by atoms with van der Waals surface area (Å²) in [7, 11) is 0. The van der Waals surface area contributed by atoms with E-state index in [0.29, 0.717) is 29.0 Å². The van der Waals surface area contributed by atoms with Gasteiger partial charge in [-0.25, -0.2) is 0 Å². The van der Waals surface area contributed by atoms with Crippen molar-refractivity contribution in [3.63, 3.8) is 0 Å². The minimum atomic E-state index is -0.520. The summed E-state index contributed by atoms with van der Waals surface area (Å²) < 4.78 is 0. The van der Waals surface area contributed by atoms with E-state index in [2.05, 4.69) is 107 Å². The summed E-state index contributed by atoms with van der Waals surface area (Å²) in [6, 6.07) is 44.7. The minimum Gasteiger partial charge on any atom is -0.384 e. The molecule has 12 aliphatic rings. The number of benzene rings is 4. The van der Waals surface area contributed by atoms with Crippen LogP contribution in [0.1, 0.15) is 211 Å². The van der Waals surface area contributed by atoms with E-state index in [-0.39, 0.29) is 73.4 Å². The van der Waals surface area contributed by atoms with Crippen molar-refractivity contribution in [3.8, 4) is 0 Å². The fourth-order valence-corrected chi connectivity index (χ4v) is 21.5. The van der Waals surface area contributed by atoms with Crippen LogP contribution in [0.4, 0.5) is 0 Å². The third-order valence-corrected chi connectivity index (χ3v) is 24.4. The van der Waals surface area contributed by atoms with Crippen LogP contribution < -0.4 is 24.6 Å². The molecule has 12 aliphatic carbocycles. The maximum absolute atomic E-state index is 12.0. The van der Waals surface area contributed by atoms with Crippen LogP contribution in [-0.2, 0) is 21.5 Å². The fourth-order valence-electron chi connectivity index (χ4n) is 21.5. The number of fused-ring (bicyclic) bond motifs is 12. The Labute approximate surface area is 489 Å². The van der Waals surface area contributed by atoms with E-state index >= 15 is 0 Å². The summed E-state index contributed by atoms with van der Waals surface area (Å²) in [5, 5.41) is 16.1. The van der Waals surface area contributed by atoms with Gasteiger partial charge in [-0.15, -0.1) is 12.4 Å². The summed E-state index contributed by atoms with van der Waals surface area (Å²) in [6.07, 6.45) is 36.6. The number of hydrogen-bond donors (Lipinski definition) is 2. The van der Waals surface area contributed by atoms with Crippen LogP contribution in [0.25, 0.3) is 10.4 Å². The SMILES string of the molecule is C.C.Cl.N[C@]1(c2ccccc2)C2CC[C@@H](C2)C12CCCC2.O=C1[C@@H]2CC[C@@H](C2)C12CCCC2.O[C@]1(c2ccccc2)[C@@H]2CC[C@@H](C2)C12CCCC2.[Li+].[N-]=[N+]=N[C@]1(c2ccccc2)[C@@H]2CC[C@@H](C2)C12CCCC2.[c-]1ccccc1. The quantitative estimate of drug-likeness (QED) is 0.0698. The minimum absolute atomic E-state index is 0. The van der Waals surface area contributed by atoms with Crippen molar-refractivity contribution in [3.05, 3.63) is 155 Å². The van der Waals surface area contributed by atoms with E-state index in [1.807, 2.05) is 30.3 Å². The summed E-state index contributed by atoms with van der Waals surface area (Å²) >= 11 is 0. The van der Waals surface area contributed by atoms with E-state index in [1.54, 1.807) is 0 Å². The molecule has 4 spiro atoms. The summed E-state index contributed by atoms with van der Waals surface area (Å²) in [5.41, 5.74) is 20.6. The van der Waals surface area contributed by atoms with Gasteiger partial charge in [0, 0.05) is 27.2 Å². The number of hydrogen-bond acceptors (Lipinski definition) is 4. The molecule has 16 rings (SSSR count). The van der Waals surface area contributed by atoms with E-state index in [9.17, 15) is 15.4 Å². The summed E-state index contributed by atoms with van der Waals surface area (Å²) in [6.45, 7) is 0. The van der Waals surface area contributed by atoms with E-state index in [0.717, 1.165) is 29.6 Å². The number of carbonyl (C=O) groups excluding carboxylic acids is 1. The number of carbonyl (C=O) groups is 1. The van der Waals surface area contributed by atoms with E-state index < -0.39 is 5.60 Å². The van der Waals surface area contributed by atoms with Crippen LogP contribution in [0.15, 0.2) is 126 Å². The molecular formula is C70H96ClLiN4O2. The molecule has 0 saturated heterocycles. The normalized spacial score (nSPS) is 35.6. The molecule has 6 nitrogen and oxygen atoms in total. The van der Waals surface area contributed by atoms with Crippen LogP contribution >= 0.6 is 12.4 Å². The van der Waals surface area contributed by atoms with Gasteiger partial charge in [0.25, 0.3) is 0 Å². The maximum Gasteiger partial charge on any atom is 1.00 e. The van der Waals surface area contributed by atoms with E-state index in [1.165, 1.54) is 196 Å². The number of azide groups is 1. The summed E-state index contributed by atoms with van der Waals surface area (Å²) in [4.78, 5) is 15.3. The molecule has 3 N–H and O–H groups in total. The van der Waals surface area contributed by atoms with Crippen molar-refractivity contribution in [2.45, 2.75) is 211 Å². The zero-order chi connectivity index (χ0) is 50.5. The molecule has 4 aromatic rings. The van der Waals surface area contributed by atoms with Crippen LogP contribution in [0.2, 0.25) is 0 Å². The second kappa shape index (κ2) is 24.6. The van der Waals surface area contributed by atoms with Gasteiger partial charge < -0.3 is 10.8 Å². The van der Waals surface area contributed by atoms with Crippen LogP contribution in [0.5, 0.6) is 0 Å². The molecule has 12 fully saturated rings. The first-order chi connectivity index (χ1) is 36.2. The van der Waals surface area contributed by atoms with Gasteiger partial charge in [0.1, 0.15) is 5.78 Å². The average Bonchev–Trinajstić information content (AvgIpc) is 4.49. The molecule has 4 aromatic carbocycles. The number of rotatable bonds is 4. The van der Waals surface area contributed by atoms with Gasteiger partial charge in [-0.1, -0.05) is 162 Å². The predicted molar refractivity (Wildman–Crippen MR) is 318 cm³/mol. The van der Waals surface area contributed by atoms with Crippen molar-refractivity contribution in [2.24, 2.45) is 79.9 Å². The Bertz CT molecular complexity index is 2480. The first-order valence-electron chi connectivity index (χ1n) is 30.4. The van der Waals surface area contributed by atoms with Crippen molar-refractivity contribution in [2.75, 3.05) is 0 Å². The number of halogens is 1. The maximum atomic E-state index is 12.0. The molecule has 0 radical (unpaired) electrons. The standard InChI is InChI=1S/C17H21N3.C17H23N.C17H22O.C11H16O.C6H5.2CH4.ClH.Li/c18-20-19-17(13-6-2-1-3-7-13)15-9-8-14(12-15)16(17)10-4-5-11-16;2*18-17(13-6-2-1-3-7-13)15-9-8-14(12-15)16(17)10-4-5-11-16;12-10-8-3-4-9(7-8)11(10)5-1-2-6-11;1-2-4-6-5-3-1;;;;/h1-3,6-7,14-15H,4-5,8-12H2;1-3,6-7,14-15H,4-5,8-12,18H2;1-3,6-7,14-15,18H,4-5,8-12H2;8-9H,1-7H2;1-5H;2*1H4;1H;/q;;;;-1;;;;+1/t14-,15+,17+;14-,15?,17+;14-,15+,17+;8-,9+;;;;;/m0001...../s1. The molecule has 0 aliphatic heterocycles. The van der Waals surface area contributed by atoms with Gasteiger partial charge in [-0.3, -0.25) is 4.79 Å². The summed E-state index contributed by atoms with van der Waals surface area (Å²) in [5.74, 6) is 6.25. The Balaban J connectivity index is 0.000000131. The second-order valence-electron chi connectivity index (χ2n) is 26.4. The molecule has 11 atom stereocenters. The molecule has 0 aromatic heterocycles. The van der Waals surface area contributed by atoms with Gasteiger partial charge in [-0.2, -0.15) is 36.4 Å². The number of Topliss-reactive ketones (excluding diaryl/α,β-unsaturated/α-hetero) is 1. The zero-order valence-electron chi connectivity index (χ0n) is 46.1. The number of nitrogens with zero attached hydrogens (tertiary/aromatic N) is 3. The Morgan fingerprint density at radius 1 is 0.487 bits per heavy atom. The molecule has 8 bridgehead atoms. The van der Waals surface area contributed by atoms with Crippen LogP contribution in [0, 0.1) is 75.1 Å². The molecule has 0 amide bonds. The van der Waals surface area contributed by atoms with Crippen LogP contribution in [-0.4, -0.2) is 10.9 Å². The third kappa shape index (κ3) is 9.36. The predicted octanol–water partition coefficient (Wildman–Crippen LogP) is 15.6. The van der Waals surface area contributed by atoms with Crippen LogP contribution in [0.3, 0.4) is 0 Å². The monoisotopic (exact) mass is 1070 g/mol. The Morgan fingerprint density at radius 2 is 0.897 bits per heavy atom. The van der Waals surface area contributed by atoms with Crippen molar-refractivity contribution in [1.29, 1.82) is 0 Å². The zero-order valence-corrected chi connectivity index (χ0v) is 47.0. The Morgan fingerprint density at radius 3 is 1.41 bits per heavy atom. The fraction of sp³-hybridized carbons (Fsp3) is 0.643. The molecule has 416 valence electrons. The topological polar surface area (TPSA) is 112 Å². The molecule has 12 saturated carbocycles. The van der Waals surface area contributed by atoms with Crippen molar-refractivity contribution in [1.82, 2.24) is 0 Å². The Hall–Kier alpha value is -3.33. The van der Waals surface area contributed by atoms with Crippen molar-refractivity contribution < 1.29 is 28.8 Å². The van der Waals surface area contributed by atoms with Gasteiger partial charge in [-0.05, 0) is 203 Å². The Kier molecular flexibility index (Phi) is 19.2. The number of ketones is 1.